The fourth-order valence-electron chi connectivity index (χ4n) is 1.48. The predicted molar refractivity (Wildman–Crippen MR) is 67.5 cm³/mol. The molecule has 1 aromatic carbocycles. The fourth-order valence-corrected chi connectivity index (χ4v) is 1.65. The van der Waals surface area contributed by atoms with Crippen molar-refractivity contribution in [1.29, 1.82) is 0 Å². The summed E-state index contributed by atoms with van der Waals surface area (Å²) in [6.45, 7) is 1.87. The molecule has 0 spiro atoms. The molecule has 0 atom stereocenters. The monoisotopic (exact) mass is 268 g/mol. The summed E-state index contributed by atoms with van der Waals surface area (Å²) in [6, 6.07) is 4.29. The van der Waals surface area contributed by atoms with Crippen molar-refractivity contribution in [2.75, 3.05) is 12.5 Å². The van der Waals surface area contributed by atoms with Gasteiger partial charge < -0.3 is 4.74 Å². The van der Waals surface area contributed by atoms with E-state index in [1.807, 2.05) is 0 Å². The topological polar surface area (TPSA) is 60.4 Å². The molecule has 0 aromatic heterocycles. The van der Waals surface area contributed by atoms with Crippen LogP contribution in [-0.4, -0.2) is 30.5 Å². The highest BCUT2D eigenvalue weighted by Gasteiger charge is 2.18. The van der Waals surface area contributed by atoms with Gasteiger partial charge in [0.15, 0.2) is 5.78 Å². The molecule has 0 unspecified atom stereocenters. The Morgan fingerprint density at radius 2 is 2.06 bits per heavy atom. The van der Waals surface area contributed by atoms with E-state index >= 15 is 0 Å². The summed E-state index contributed by atoms with van der Waals surface area (Å²) in [6.07, 6.45) is 0.743. The Hall–Kier alpha value is -1.68. The lowest BCUT2D eigenvalue weighted by Crippen LogP contribution is -2.13. The lowest BCUT2D eigenvalue weighted by molar-refractivity contribution is 0.0523. The van der Waals surface area contributed by atoms with Gasteiger partial charge in [0.25, 0.3) is 0 Å². The third-order valence-electron chi connectivity index (χ3n) is 2.30. The van der Waals surface area contributed by atoms with Crippen molar-refractivity contribution in [1.82, 2.24) is 0 Å². The maximum atomic E-state index is 11.8. The fraction of sp³-hybridized carbons (Fsp3) is 0.308. The first-order valence-electron chi connectivity index (χ1n) is 5.49. The molecule has 0 amide bonds. The minimum Gasteiger partial charge on any atom is -0.462 e. The lowest BCUT2D eigenvalue weighted by atomic mass is 9.99. The smallest absolute Gasteiger partial charge is 0.338 e. The molecule has 1 rings (SSSR count). The van der Waals surface area contributed by atoms with Crippen molar-refractivity contribution >= 4 is 29.6 Å². The van der Waals surface area contributed by atoms with Crippen LogP contribution in [0.15, 0.2) is 18.2 Å². The van der Waals surface area contributed by atoms with Gasteiger partial charge in [-0.2, -0.15) is 0 Å². The number of Topliss-reactive ketones (excluding diaryl/α,β-unsaturated/α-hetero) is 1. The number of ether oxygens (including phenoxy) is 1. The van der Waals surface area contributed by atoms with Crippen LogP contribution in [0.25, 0.3) is 0 Å². The van der Waals surface area contributed by atoms with Crippen molar-refractivity contribution in [3.63, 3.8) is 0 Å². The molecule has 0 radical (unpaired) electrons. The lowest BCUT2D eigenvalue weighted by Gasteiger charge is -2.08. The number of hydrogen-bond donors (Lipinski definition) is 0. The summed E-state index contributed by atoms with van der Waals surface area (Å²) in [5, 5.41) is 0. The predicted octanol–water partition coefficient (Wildman–Crippen LogP) is 2.49. The highest BCUT2D eigenvalue weighted by atomic mass is 35.5. The molecule has 0 heterocycles. The van der Waals surface area contributed by atoms with Crippen LogP contribution >= 0.6 is 11.6 Å². The zero-order chi connectivity index (χ0) is 13.5. The molecule has 0 N–H and O–H groups in total. The van der Waals surface area contributed by atoms with Crippen LogP contribution in [0.1, 0.15) is 44.4 Å². The second-order valence-corrected chi connectivity index (χ2v) is 3.88. The summed E-state index contributed by atoms with van der Waals surface area (Å²) < 4.78 is 4.86. The molecule has 0 saturated carbocycles. The summed E-state index contributed by atoms with van der Waals surface area (Å²) in [7, 11) is 0. The number of ketones is 1. The molecule has 4 nitrogen and oxygen atoms in total. The van der Waals surface area contributed by atoms with Gasteiger partial charge in [-0.05, 0) is 19.1 Å². The molecule has 0 bridgehead atoms. The number of hydrogen-bond acceptors (Lipinski definition) is 4. The molecule has 0 saturated heterocycles. The zero-order valence-electron chi connectivity index (χ0n) is 9.94. The maximum Gasteiger partial charge on any atom is 0.338 e. The average Bonchev–Trinajstić information content (AvgIpc) is 2.38. The highest BCUT2D eigenvalue weighted by molar-refractivity contribution is 6.20. The van der Waals surface area contributed by atoms with E-state index in [1.54, 1.807) is 6.92 Å². The van der Waals surface area contributed by atoms with Crippen LogP contribution in [0.5, 0.6) is 0 Å². The molecule has 5 heteroatoms. The summed E-state index contributed by atoms with van der Waals surface area (Å²) in [4.78, 5) is 34.2. The largest absolute Gasteiger partial charge is 0.462 e. The normalized spacial score (nSPS) is 9.89. The van der Waals surface area contributed by atoms with E-state index in [1.165, 1.54) is 18.2 Å². The van der Waals surface area contributed by atoms with E-state index in [-0.39, 0.29) is 35.8 Å². The number of rotatable bonds is 6. The van der Waals surface area contributed by atoms with Crippen molar-refractivity contribution in [3.05, 3.63) is 34.9 Å². The number of benzene rings is 1. The number of aldehydes is 1. The molecular formula is C13H13ClO4. The van der Waals surface area contributed by atoms with E-state index in [0.717, 1.165) is 0 Å². The Morgan fingerprint density at radius 3 is 2.61 bits per heavy atom. The molecule has 18 heavy (non-hydrogen) atoms. The summed E-state index contributed by atoms with van der Waals surface area (Å²) >= 11 is 5.50. The van der Waals surface area contributed by atoms with Crippen LogP contribution in [0, 0.1) is 0 Å². The van der Waals surface area contributed by atoms with E-state index in [2.05, 4.69) is 0 Å². The molecule has 0 aliphatic heterocycles. The van der Waals surface area contributed by atoms with Crippen LogP contribution in [0.3, 0.4) is 0 Å². The number of esters is 1. The molecular weight excluding hydrogens is 256 g/mol. The van der Waals surface area contributed by atoms with Gasteiger partial charge in [-0.1, -0.05) is 6.07 Å². The van der Waals surface area contributed by atoms with Gasteiger partial charge in [0, 0.05) is 23.4 Å². The van der Waals surface area contributed by atoms with Gasteiger partial charge in [-0.15, -0.1) is 11.6 Å². The van der Waals surface area contributed by atoms with Crippen LogP contribution < -0.4 is 0 Å². The van der Waals surface area contributed by atoms with Gasteiger partial charge in [-0.25, -0.2) is 4.79 Å². The molecule has 0 aliphatic carbocycles. The Balaban J connectivity index is 3.19. The van der Waals surface area contributed by atoms with E-state index in [0.29, 0.717) is 11.8 Å². The second-order valence-electron chi connectivity index (χ2n) is 3.51. The van der Waals surface area contributed by atoms with Crippen molar-refractivity contribution in [2.24, 2.45) is 0 Å². The first kappa shape index (κ1) is 14.4. The van der Waals surface area contributed by atoms with Crippen molar-refractivity contribution in [2.45, 2.75) is 13.3 Å². The van der Waals surface area contributed by atoms with E-state index < -0.39 is 5.97 Å². The minimum atomic E-state index is -0.612. The zero-order valence-corrected chi connectivity index (χ0v) is 10.7. The molecule has 0 aliphatic rings. The highest BCUT2D eigenvalue weighted by Crippen LogP contribution is 2.15. The molecule has 1 aromatic rings. The number of alkyl halides is 1. The van der Waals surface area contributed by atoms with Gasteiger partial charge in [0.1, 0.15) is 6.29 Å². The molecule has 0 fully saturated rings. The van der Waals surface area contributed by atoms with Crippen molar-refractivity contribution in [3.8, 4) is 0 Å². The standard InChI is InChI=1S/C13H13ClO4/c1-2-18-13(17)11-7-9(8-15)3-4-10(11)12(16)5-6-14/h3-4,7-8H,2,5-6H2,1H3. The Kier molecular flexibility index (Phi) is 5.52. The Labute approximate surface area is 110 Å². The van der Waals surface area contributed by atoms with E-state index in [9.17, 15) is 14.4 Å². The number of carbonyl (C=O) groups excluding carboxylic acids is 3. The van der Waals surface area contributed by atoms with Crippen LogP contribution in [0.2, 0.25) is 0 Å². The number of carbonyl (C=O) groups is 3. The Bertz CT molecular complexity index is 468. The first-order chi connectivity index (χ1) is 8.63. The SMILES string of the molecule is CCOC(=O)c1cc(C=O)ccc1C(=O)CCCl. The van der Waals surface area contributed by atoms with Gasteiger partial charge >= 0.3 is 5.97 Å². The maximum absolute atomic E-state index is 11.8. The van der Waals surface area contributed by atoms with Gasteiger partial charge in [-0.3, -0.25) is 9.59 Å². The molecule has 96 valence electrons. The van der Waals surface area contributed by atoms with Crippen LogP contribution in [-0.2, 0) is 4.74 Å². The summed E-state index contributed by atoms with van der Waals surface area (Å²) in [5.74, 6) is -0.680. The first-order valence-corrected chi connectivity index (χ1v) is 6.03. The van der Waals surface area contributed by atoms with E-state index in [4.69, 9.17) is 16.3 Å². The number of halogens is 1. The van der Waals surface area contributed by atoms with Crippen LogP contribution in [0.4, 0.5) is 0 Å². The second kappa shape index (κ2) is 6.91. The minimum absolute atomic E-state index is 0.108. The quantitative estimate of drug-likeness (QED) is 0.344. The Morgan fingerprint density at radius 1 is 1.33 bits per heavy atom. The van der Waals surface area contributed by atoms with Gasteiger partial charge in [0.2, 0.25) is 0 Å². The summed E-state index contributed by atoms with van der Waals surface area (Å²) in [5.41, 5.74) is 0.664. The third kappa shape index (κ3) is 3.40. The third-order valence-corrected chi connectivity index (χ3v) is 2.49. The van der Waals surface area contributed by atoms with Crippen molar-refractivity contribution < 1.29 is 19.1 Å². The van der Waals surface area contributed by atoms with Gasteiger partial charge in [0.05, 0.1) is 12.2 Å². The average molecular weight is 269 g/mol.